The summed E-state index contributed by atoms with van der Waals surface area (Å²) in [4.78, 5) is 65.4. The average Bonchev–Trinajstić information content (AvgIpc) is 4.15. The van der Waals surface area contributed by atoms with Crippen LogP contribution in [0.15, 0.2) is 67.3 Å². The van der Waals surface area contributed by atoms with Gasteiger partial charge in [-0.2, -0.15) is 0 Å². The first-order valence-corrected chi connectivity index (χ1v) is 22.4. The van der Waals surface area contributed by atoms with E-state index in [-0.39, 0.29) is 37.6 Å². The Morgan fingerprint density at radius 3 is 2.42 bits per heavy atom. The number of hydrogen-bond donors (Lipinski definition) is 2. The number of methoxy groups -OCH3 is 1. The van der Waals surface area contributed by atoms with Crippen LogP contribution in [0.1, 0.15) is 79.1 Å². The van der Waals surface area contributed by atoms with E-state index in [0.29, 0.717) is 61.0 Å². The molecule has 13 nitrogen and oxygen atoms in total. The van der Waals surface area contributed by atoms with E-state index in [4.69, 9.17) is 14.5 Å². The Bertz CT molecular complexity index is 2220. The number of aromatic nitrogens is 1. The van der Waals surface area contributed by atoms with Crippen molar-refractivity contribution in [1.82, 2.24) is 24.8 Å². The number of rotatable bonds is 13. The van der Waals surface area contributed by atoms with Crippen molar-refractivity contribution in [1.29, 1.82) is 0 Å². The molecule has 4 amide bonds. The molecule has 4 aliphatic rings. The molecular formula is C45H57N5O8S. The van der Waals surface area contributed by atoms with E-state index >= 15 is 0 Å². The molecule has 7 rings (SSSR count). The highest BCUT2D eigenvalue weighted by Crippen LogP contribution is 2.46. The Kier molecular flexibility index (Phi) is 11.8. The van der Waals surface area contributed by atoms with Crippen LogP contribution in [-0.4, -0.2) is 96.5 Å². The highest BCUT2D eigenvalue weighted by molar-refractivity contribution is 7.91. The van der Waals surface area contributed by atoms with Crippen LogP contribution in [0.25, 0.3) is 22.2 Å². The maximum absolute atomic E-state index is 14.9. The van der Waals surface area contributed by atoms with Gasteiger partial charge in [-0.1, -0.05) is 64.1 Å². The number of nitrogens with zero attached hydrogens (tertiary/aromatic N) is 3. The lowest BCUT2D eigenvalue weighted by Gasteiger charge is -2.43. The van der Waals surface area contributed by atoms with Gasteiger partial charge in [-0.15, -0.1) is 6.58 Å². The summed E-state index contributed by atoms with van der Waals surface area (Å²) in [6.07, 6.45) is 4.50. The Balaban J connectivity index is 1.20. The van der Waals surface area contributed by atoms with Crippen LogP contribution >= 0.6 is 0 Å². The zero-order valence-electron chi connectivity index (χ0n) is 34.7. The van der Waals surface area contributed by atoms with Crippen molar-refractivity contribution >= 4 is 44.6 Å². The first-order chi connectivity index (χ1) is 28.0. The molecule has 59 heavy (non-hydrogen) atoms. The molecule has 2 N–H and O–H groups in total. The molecule has 3 unspecified atom stereocenters. The van der Waals surface area contributed by atoms with E-state index < -0.39 is 62.0 Å². The third-order valence-corrected chi connectivity index (χ3v) is 14.3. The summed E-state index contributed by atoms with van der Waals surface area (Å²) >= 11 is 0. The van der Waals surface area contributed by atoms with Gasteiger partial charge in [0.05, 0.1) is 29.5 Å². The molecule has 0 spiro atoms. The first-order valence-electron chi connectivity index (χ1n) is 20.8. The second-order valence-electron chi connectivity index (χ2n) is 18.0. The number of hydrogen-bond acceptors (Lipinski definition) is 9. The van der Waals surface area contributed by atoms with E-state index in [1.807, 2.05) is 80.3 Å². The van der Waals surface area contributed by atoms with Crippen molar-refractivity contribution in [3.63, 3.8) is 0 Å². The zero-order valence-corrected chi connectivity index (χ0v) is 35.6. The lowest BCUT2D eigenvalue weighted by molar-refractivity contribution is -0.153. The first kappa shape index (κ1) is 42.2. The summed E-state index contributed by atoms with van der Waals surface area (Å²) in [5.41, 5.74) is 0.0494. The Hall–Kier alpha value is -4.98. The van der Waals surface area contributed by atoms with Crippen LogP contribution in [0.4, 0.5) is 0 Å². The third-order valence-electron chi connectivity index (χ3n) is 12.5. The molecule has 6 atom stereocenters. The van der Waals surface area contributed by atoms with Crippen LogP contribution in [0.2, 0.25) is 0 Å². The Morgan fingerprint density at radius 1 is 1.03 bits per heavy atom. The van der Waals surface area contributed by atoms with Crippen molar-refractivity contribution in [2.45, 2.75) is 102 Å². The Morgan fingerprint density at radius 2 is 1.78 bits per heavy atom. The normalized spacial score (nSPS) is 25.1. The fourth-order valence-electron chi connectivity index (χ4n) is 8.59. The monoisotopic (exact) mass is 827 g/mol. The largest absolute Gasteiger partial charge is 0.497 e. The van der Waals surface area contributed by atoms with E-state index in [9.17, 15) is 27.6 Å². The van der Waals surface area contributed by atoms with Gasteiger partial charge in [-0.3, -0.25) is 23.9 Å². The SMILES string of the molecule is C=CC1CC1(NC(=O)[C@@H]1C[C@H](Oc2cc(-c3ccccc3)nc3cc(OC)ccc23)CCN1C(=O)[C@@H](CC(=O)N1CCCC(C)C1)C(C)(C)C)C(=O)NS(=O)(=O)C1CC1. The summed E-state index contributed by atoms with van der Waals surface area (Å²) in [6.45, 7) is 13.2. The minimum Gasteiger partial charge on any atom is -0.497 e. The van der Waals surface area contributed by atoms with Crippen LogP contribution in [0, 0.1) is 23.2 Å². The predicted octanol–water partition coefficient (Wildman–Crippen LogP) is 5.63. The van der Waals surface area contributed by atoms with Gasteiger partial charge in [-0.25, -0.2) is 13.4 Å². The molecule has 14 heteroatoms. The topological polar surface area (TPSA) is 164 Å². The van der Waals surface area contributed by atoms with E-state index in [1.54, 1.807) is 12.0 Å². The molecule has 4 fully saturated rings. The average molecular weight is 828 g/mol. The highest BCUT2D eigenvalue weighted by atomic mass is 32.2. The van der Waals surface area contributed by atoms with Crippen molar-refractivity contribution in [2.75, 3.05) is 26.7 Å². The quantitative estimate of drug-likeness (QED) is 0.208. The summed E-state index contributed by atoms with van der Waals surface area (Å²) in [5, 5.41) is 3.00. The van der Waals surface area contributed by atoms with Gasteiger partial charge >= 0.3 is 0 Å². The summed E-state index contributed by atoms with van der Waals surface area (Å²) in [5.74, 6) is -1.53. The molecule has 2 saturated heterocycles. The number of likely N-dealkylation sites (tertiary alicyclic amines) is 2. The predicted molar refractivity (Wildman–Crippen MR) is 225 cm³/mol. The van der Waals surface area contributed by atoms with Crippen molar-refractivity contribution in [2.24, 2.45) is 23.2 Å². The molecule has 2 aliphatic heterocycles. The molecule has 3 heterocycles. The zero-order chi connectivity index (χ0) is 42.3. The van der Waals surface area contributed by atoms with Gasteiger partial charge in [0.2, 0.25) is 27.7 Å². The van der Waals surface area contributed by atoms with Gasteiger partial charge < -0.3 is 24.6 Å². The van der Waals surface area contributed by atoms with Crippen LogP contribution in [0.3, 0.4) is 0 Å². The lowest BCUT2D eigenvalue weighted by atomic mass is 9.76. The van der Waals surface area contributed by atoms with Crippen molar-refractivity contribution in [3.8, 4) is 22.8 Å². The molecule has 316 valence electrons. The van der Waals surface area contributed by atoms with Crippen LogP contribution in [-0.2, 0) is 29.2 Å². The van der Waals surface area contributed by atoms with Crippen molar-refractivity contribution < 1.29 is 37.1 Å². The molecular weight excluding hydrogens is 771 g/mol. The van der Waals surface area contributed by atoms with Gasteiger partial charge in [0.1, 0.15) is 29.2 Å². The smallest absolute Gasteiger partial charge is 0.259 e. The number of sulfonamides is 1. The number of carbonyl (C=O) groups excluding carboxylic acids is 4. The van der Waals surface area contributed by atoms with Gasteiger partial charge in [-0.05, 0) is 55.6 Å². The molecule has 3 aromatic rings. The molecule has 2 aromatic carbocycles. The fourth-order valence-corrected chi connectivity index (χ4v) is 9.96. The van der Waals surface area contributed by atoms with Gasteiger partial charge in [0, 0.05) is 67.9 Å². The molecule has 2 saturated carbocycles. The maximum Gasteiger partial charge on any atom is 0.259 e. The number of fused-ring (bicyclic) bond motifs is 1. The van der Waals surface area contributed by atoms with Gasteiger partial charge in [0.25, 0.3) is 5.91 Å². The minimum atomic E-state index is -3.91. The molecule has 0 radical (unpaired) electrons. The summed E-state index contributed by atoms with van der Waals surface area (Å²) < 4.78 is 40.2. The molecule has 2 aliphatic carbocycles. The minimum absolute atomic E-state index is 0.00153. The lowest BCUT2D eigenvalue weighted by Crippen LogP contribution is -2.61. The van der Waals surface area contributed by atoms with E-state index in [2.05, 4.69) is 23.5 Å². The van der Waals surface area contributed by atoms with E-state index in [1.165, 1.54) is 6.08 Å². The summed E-state index contributed by atoms with van der Waals surface area (Å²) in [7, 11) is -2.32. The highest BCUT2D eigenvalue weighted by Gasteiger charge is 2.62. The standard InChI is InChI=1S/C45H57N5O8S/c1-7-30-26-45(30,43(54)48-59(55,56)33-16-17-33)47-41(52)38-23-32(19-21-50(38)42(53)35(44(3,4)5)24-40(51)49-20-11-12-28(2)27-49)58-39-25-36(29-13-9-8-10-14-29)46-37-22-31(57-6)15-18-34(37)39/h7-10,13-15,18,22,25,28,30,32-33,35,38H,1,11-12,16-17,19-21,23-24,26-27H2,2-6H3,(H,47,52)(H,48,54)/t28?,30?,32-,35-,38+,45?/m1/s1. The maximum atomic E-state index is 14.9. The number of benzene rings is 2. The number of carbonyl (C=O) groups is 4. The van der Waals surface area contributed by atoms with E-state index in [0.717, 1.165) is 23.8 Å². The number of piperidine rings is 2. The number of pyridine rings is 1. The van der Waals surface area contributed by atoms with Crippen LogP contribution in [0.5, 0.6) is 11.5 Å². The fraction of sp³-hybridized carbons (Fsp3) is 0.533. The van der Waals surface area contributed by atoms with Crippen molar-refractivity contribution in [3.05, 3.63) is 67.3 Å². The van der Waals surface area contributed by atoms with Gasteiger partial charge in [0.15, 0.2) is 0 Å². The second-order valence-corrected chi connectivity index (χ2v) is 19.9. The third kappa shape index (κ3) is 9.12. The molecule has 0 bridgehead atoms. The van der Waals surface area contributed by atoms with Crippen LogP contribution < -0.4 is 19.5 Å². The Labute approximate surface area is 347 Å². The number of nitrogens with one attached hydrogen (secondary N) is 2. The molecule has 1 aromatic heterocycles. The number of ether oxygens (including phenoxy) is 2. The summed E-state index contributed by atoms with van der Waals surface area (Å²) in [6, 6.07) is 16.0. The number of amides is 4. The second kappa shape index (κ2) is 16.6.